The van der Waals surface area contributed by atoms with E-state index < -0.39 is 5.97 Å². The number of unbranched alkanes of at least 4 members (excludes halogenated alkanes) is 8. The lowest BCUT2D eigenvalue weighted by Gasteiger charge is -2.14. The van der Waals surface area contributed by atoms with Gasteiger partial charge in [-0.2, -0.15) is 0 Å². The van der Waals surface area contributed by atoms with Crippen LogP contribution >= 0.6 is 0 Å². The van der Waals surface area contributed by atoms with Gasteiger partial charge < -0.3 is 14.2 Å². The summed E-state index contributed by atoms with van der Waals surface area (Å²) in [6.45, 7) is 6.95. The fourth-order valence-electron chi connectivity index (χ4n) is 4.63. The van der Waals surface area contributed by atoms with E-state index >= 15 is 0 Å². The second kappa shape index (κ2) is 18.0. The van der Waals surface area contributed by atoms with Gasteiger partial charge in [-0.25, -0.2) is 9.59 Å². The highest BCUT2D eigenvalue weighted by atomic mass is 16.5. The summed E-state index contributed by atoms with van der Waals surface area (Å²) in [7, 11) is 0. The lowest BCUT2D eigenvalue weighted by Crippen LogP contribution is -2.12. The minimum atomic E-state index is -0.416. The van der Waals surface area contributed by atoms with Crippen molar-refractivity contribution in [2.75, 3.05) is 6.61 Å². The van der Waals surface area contributed by atoms with Crippen LogP contribution in [0.5, 0.6) is 11.5 Å². The molecule has 3 aromatic carbocycles. The van der Waals surface area contributed by atoms with E-state index in [4.69, 9.17) is 14.2 Å². The van der Waals surface area contributed by atoms with Gasteiger partial charge in [0.25, 0.3) is 0 Å². The normalized spacial score (nSPS) is 11.6. The van der Waals surface area contributed by atoms with Crippen molar-refractivity contribution in [3.63, 3.8) is 0 Å². The zero-order valence-corrected chi connectivity index (χ0v) is 25.0. The second-order valence-corrected chi connectivity index (χ2v) is 10.7. The van der Waals surface area contributed by atoms with Crippen LogP contribution in [0.25, 0.3) is 11.1 Å². The molecule has 0 saturated heterocycles. The number of hydrogen-bond donors (Lipinski definition) is 0. The molecule has 0 N–H and O–H groups in total. The minimum absolute atomic E-state index is 0.142. The Morgan fingerprint density at radius 3 is 1.71 bits per heavy atom. The van der Waals surface area contributed by atoms with E-state index in [2.05, 4.69) is 20.8 Å². The van der Waals surface area contributed by atoms with Crippen molar-refractivity contribution in [1.82, 2.24) is 0 Å². The van der Waals surface area contributed by atoms with E-state index in [1.54, 1.807) is 36.4 Å². The number of carbonyl (C=O) groups excluding carboxylic acids is 2. The Morgan fingerprint density at radius 1 is 0.585 bits per heavy atom. The third-order valence-corrected chi connectivity index (χ3v) is 7.14. The molecule has 3 rings (SSSR count). The fraction of sp³-hybridized carbons (Fsp3) is 0.444. The molecule has 0 fully saturated rings. The quantitative estimate of drug-likeness (QED) is 0.0883. The van der Waals surface area contributed by atoms with Crippen LogP contribution in [0.2, 0.25) is 0 Å². The van der Waals surface area contributed by atoms with Gasteiger partial charge >= 0.3 is 11.9 Å². The van der Waals surface area contributed by atoms with Crippen molar-refractivity contribution in [3.05, 3.63) is 83.9 Å². The Bertz CT molecular complexity index is 1170. The van der Waals surface area contributed by atoms with E-state index in [1.165, 1.54) is 44.9 Å². The van der Waals surface area contributed by atoms with Gasteiger partial charge in [-0.15, -0.1) is 0 Å². The highest BCUT2D eigenvalue weighted by molar-refractivity contribution is 5.91. The van der Waals surface area contributed by atoms with Crippen molar-refractivity contribution in [2.24, 2.45) is 0 Å². The van der Waals surface area contributed by atoms with E-state index in [0.29, 0.717) is 23.5 Å². The largest absolute Gasteiger partial charge is 0.491 e. The van der Waals surface area contributed by atoms with E-state index in [1.807, 2.05) is 36.4 Å². The summed E-state index contributed by atoms with van der Waals surface area (Å²) in [5, 5.41) is 0. The molecule has 0 radical (unpaired) electrons. The summed E-state index contributed by atoms with van der Waals surface area (Å²) < 4.78 is 17.0. The first-order valence-corrected chi connectivity index (χ1v) is 15.4. The molecule has 0 bridgehead atoms. The third kappa shape index (κ3) is 11.4. The molecular formula is C36H46O5. The van der Waals surface area contributed by atoms with Crippen LogP contribution in [-0.4, -0.2) is 24.6 Å². The molecule has 3 aromatic rings. The number of hydrogen-bond acceptors (Lipinski definition) is 5. The molecular weight excluding hydrogens is 512 g/mol. The second-order valence-electron chi connectivity index (χ2n) is 10.7. The molecule has 5 heteroatoms. The van der Waals surface area contributed by atoms with Crippen LogP contribution < -0.4 is 9.47 Å². The highest BCUT2D eigenvalue weighted by Gasteiger charge is 2.11. The SMILES string of the molecule is CCCCCCCCOC(=O)c1ccc(-c2ccc(OC(=O)c3ccc(O[C@H](C)CCCCCC)cc3)cc2)cc1. The summed E-state index contributed by atoms with van der Waals surface area (Å²) >= 11 is 0. The first-order valence-electron chi connectivity index (χ1n) is 15.4. The molecule has 0 aliphatic carbocycles. The number of rotatable bonds is 18. The minimum Gasteiger partial charge on any atom is -0.491 e. The van der Waals surface area contributed by atoms with Crippen LogP contribution in [0.4, 0.5) is 0 Å². The van der Waals surface area contributed by atoms with Crippen LogP contribution in [0.15, 0.2) is 72.8 Å². The van der Waals surface area contributed by atoms with Gasteiger partial charge in [0.2, 0.25) is 0 Å². The standard InChI is InChI=1S/C36H46O5/c1-4-6-8-10-11-13-27-39-35(37)31-17-15-29(16-18-31)30-19-23-34(24-20-30)41-36(38)32-21-25-33(26-22-32)40-28(3)14-12-9-7-5-2/h15-26,28H,4-14,27H2,1-3H3/t28-/m1/s1. The van der Waals surface area contributed by atoms with E-state index in [-0.39, 0.29) is 12.1 Å². The van der Waals surface area contributed by atoms with Crippen LogP contribution in [0.3, 0.4) is 0 Å². The molecule has 220 valence electrons. The predicted molar refractivity (Wildman–Crippen MR) is 166 cm³/mol. The monoisotopic (exact) mass is 558 g/mol. The van der Waals surface area contributed by atoms with E-state index in [0.717, 1.165) is 42.6 Å². The Kier molecular flexibility index (Phi) is 14.0. The first kappa shape index (κ1) is 31.9. The first-order chi connectivity index (χ1) is 20.0. The molecule has 1 atom stereocenters. The maximum atomic E-state index is 12.7. The van der Waals surface area contributed by atoms with Gasteiger partial charge in [-0.05, 0) is 85.8 Å². The molecule has 0 aliphatic rings. The van der Waals surface area contributed by atoms with Crippen LogP contribution in [-0.2, 0) is 4.74 Å². The molecule has 41 heavy (non-hydrogen) atoms. The number of benzene rings is 3. The van der Waals surface area contributed by atoms with Gasteiger partial charge in [-0.3, -0.25) is 0 Å². The maximum Gasteiger partial charge on any atom is 0.343 e. The maximum absolute atomic E-state index is 12.7. The smallest absolute Gasteiger partial charge is 0.343 e. The summed E-state index contributed by atoms with van der Waals surface area (Å²) in [5.41, 5.74) is 2.94. The summed E-state index contributed by atoms with van der Waals surface area (Å²) in [6.07, 6.45) is 13.0. The van der Waals surface area contributed by atoms with Crippen molar-refractivity contribution in [3.8, 4) is 22.6 Å². The number of carbonyl (C=O) groups is 2. The molecule has 0 aromatic heterocycles. The molecule has 0 spiro atoms. The van der Waals surface area contributed by atoms with Gasteiger partial charge in [-0.1, -0.05) is 89.5 Å². The third-order valence-electron chi connectivity index (χ3n) is 7.14. The summed E-state index contributed by atoms with van der Waals surface area (Å²) in [6, 6.07) is 21.8. The average Bonchev–Trinajstić information content (AvgIpc) is 2.99. The predicted octanol–water partition coefficient (Wildman–Crippen LogP) is 9.83. The van der Waals surface area contributed by atoms with Gasteiger partial charge in [0.15, 0.2) is 0 Å². The summed E-state index contributed by atoms with van der Waals surface area (Å²) in [4.78, 5) is 25.0. The van der Waals surface area contributed by atoms with Gasteiger partial charge in [0, 0.05) is 0 Å². The zero-order chi connectivity index (χ0) is 29.3. The van der Waals surface area contributed by atoms with Crippen LogP contribution in [0.1, 0.15) is 112 Å². The lowest BCUT2D eigenvalue weighted by atomic mass is 10.0. The molecule has 5 nitrogen and oxygen atoms in total. The van der Waals surface area contributed by atoms with Crippen molar-refractivity contribution in [2.45, 2.75) is 97.5 Å². The topological polar surface area (TPSA) is 61.8 Å². The Morgan fingerprint density at radius 2 is 1.07 bits per heavy atom. The van der Waals surface area contributed by atoms with Crippen molar-refractivity contribution < 1.29 is 23.8 Å². The van der Waals surface area contributed by atoms with Crippen LogP contribution in [0, 0.1) is 0 Å². The average molecular weight is 559 g/mol. The lowest BCUT2D eigenvalue weighted by molar-refractivity contribution is 0.0497. The highest BCUT2D eigenvalue weighted by Crippen LogP contribution is 2.24. The Hall–Kier alpha value is -3.60. The van der Waals surface area contributed by atoms with Gasteiger partial charge in [0.05, 0.1) is 23.8 Å². The summed E-state index contributed by atoms with van der Waals surface area (Å²) in [5.74, 6) is 0.519. The molecule has 0 heterocycles. The zero-order valence-electron chi connectivity index (χ0n) is 25.0. The Labute approximate surface area is 246 Å². The number of esters is 2. The fourth-order valence-corrected chi connectivity index (χ4v) is 4.63. The number of ether oxygens (including phenoxy) is 3. The van der Waals surface area contributed by atoms with Crippen molar-refractivity contribution in [1.29, 1.82) is 0 Å². The van der Waals surface area contributed by atoms with E-state index in [9.17, 15) is 9.59 Å². The van der Waals surface area contributed by atoms with Crippen molar-refractivity contribution >= 4 is 11.9 Å². The molecule has 0 amide bonds. The molecule has 0 unspecified atom stereocenters. The molecule has 0 aliphatic heterocycles. The molecule has 0 saturated carbocycles. The van der Waals surface area contributed by atoms with Gasteiger partial charge in [0.1, 0.15) is 11.5 Å². The Balaban J connectivity index is 1.44.